The highest BCUT2D eigenvalue weighted by Crippen LogP contribution is 2.41. The SMILES string of the molecule is CNCc1ccn(C2CCOC3(CCSC3)C2)n1. The van der Waals surface area contributed by atoms with Gasteiger partial charge in [0.05, 0.1) is 17.3 Å². The van der Waals surface area contributed by atoms with E-state index in [4.69, 9.17) is 4.74 Å². The molecule has 3 rings (SSSR count). The maximum Gasteiger partial charge on any atom is 0.0800 e. The number of nitrogens with one attached hydrogen (secondary N) is 1. The topological polar surface area (TPSA) is 39.1 Å². The fourth-order valence-electron chi connectivity index (χ4n) is 2.95. The predicted molar refractivity (Wildman–Crippen MR) is 73.9 cm³/mol. The summed E-state index contributed by atoms with van der Waals surface area (Å²) in [6, 6.07) is 2.63. The molecule has 0 bridgehead atoms. The third-order valence-corrected chi connectivity index (χ3v) is 5.15. The van der Waals surface area contributed by atoms with Crippen LogP contribution in [0.25, 0.3) is 0 Å². The van der Waals surface area contributed by atoms with Crippen molar-refractivity contribution in [1.82, 2.24) is 15.1 Å². The van der Waals surface area contributed by atoms with Crippen molar-refractivity contribution < 1.29 is 4.74 Å². The van der Waals surface area contributed by atoms with Crippen LogP contribution in [0.1, 0.15) is 31.0 Å². The third kappa shape index (κ3) is 2.44. The van der Waals surface area contributed by atoms with E-state index in [1.165, 1.54) is 12.2 Å². The molecule has 0 aliphatic carbocycles. The van der Waals surface area contributed by atoms with E-state index in [1.54, 1.807) is 0 Å². The molecule has 100 valence electrons. The highest BCUT2D eigenvalue weighted by atomic mass is 32.2. The smallest absolute Gasteiger partial charge is 0.0800 e. The van der Waals surface area contributed by atoms with E-state index >= 15 is 0 Å². The van der Waals surface area contributed by atoms with E-state index < -0.39 is 0 Å². The van der Waals surface area contributed by atoms with E-state index in [0.29, 0.717) is 6.04 Å². The zero-order valence-corrected chi connectivity index (χ0v) is 11.7. The van der Waals surface area contributed by atoms with Crippen LogP contribution in [0.3, 0.4) is 0 Å². The quantitative estimate of drug-likeness (QED) is 0.907. The summed E-state index contributed by atoms with van der Waals surface area (Å²) in [6.45, 7) is 1.73. The Balaban J connectivity index is 1.71. The minimum Gasteiger partial charge on any atom is -0.374 e. The summed E-state index contributed by atoms with van der Waals surface area (Å²) < 4.78 is 8.21. The van der Waals surface area contributed by atoms with Crippen LogP contribution in [0.4, 0.5) is 0 Å². The molecule has 0 aromatic carbocycles. The Kier molecular flexibility index (Phi) is 3.63. The molecule has 2 fully saturated rings. The van der Waals surface area contributed by atoms with Gasteiger partial charge >= 0.3 is 0 Å². The molecule has 0 radical (unpaired) electrons. The number of thioether (sulfide) groups is 1. The molecule has 2 aliphatic rings. The standard InChI is InChI=1S/C13H21N3OS/c1-14-9-11-2-5-16(15-11)12-3-6-17-13(8-12)4-7-18-10-13/h2,5,12,14H,3-4,6-10H2,1H3. The zero-order valence-electron chi connectivity index (χ0n) is 10.9. The molecule has 2 atom stereocenters. The summed E-state index contributed by atoms with van der Waals surface area (Å²) in [5.41, 5.74) is 1.27. The second-order valence-corrected chi connectivity index (χ2v) is 6.40. The number of ether oxygens (including phenoxy) is 1. The van der Waals surface area contributed by atoms with Gasteiger partial charge < -0.3 is 10.1 Å². The first-order chi connectivity index (χ1) is 8.81. The van der Waals surface area contributed by atoms with Crippen LogP contribution in [-0.4, -0.2) is 40.5 Å². The summed E-state index contributed by atoms with van der Waals surface area (Å²) >= 11 is 2.03. The Bertz CT molecular complexity index is 401. The maximum atomic E-state index is 6.06. The average molecular weight is 267 g/mol. The molecule has 0 saturated carbocycles. The Morgan fingerprint density at radius 3 is 3.39 bits per heavy atom. The Hall–Kier alpha value is -0.520. The third-order valence-electron chi connectivity index (χ3n) is 3.93. The van der Waals surface area contributed by atoms with Gasteiger partial charge in [-0.3, -0.25) is 4.68 Å². The van der Waals surface area contributed by atoms with Gasteiger partial charge in [0.25, 0.3) is 0 Å². The van der Waals surface area contributed by atoms with Gasteiger partial charge in [0.2, 0.25) is 0 Å². The molecule has 1 N–H and O–H groups in total. The van der Waals surface area contributed by atoms with Crippen LogP contribution in [-0.2, 0) is 11.3 Å². The highest BCUT2D eigenvalue weighted by Gasteiger charge is 2.41. The number of aromatic nitrogens is 2. The lowest BCUT2D eigenvalue weighted by Gasteiger charge is -2.37. The molecule has 1 aromatic rings. The van der Waals surface area contributed by atoms with Gasteiger partial charge in [-0.05, 0) is 38.1 Å². The highest BCUT2D eigenvalue weighted by molar-refractivity contribution is 7.99. The predicted octanol–water partition coefficient (Wildman–Crippen LogP) is 1.83. The summed E-state index contributed by atoms with van der Waals surface area (Å²) in [4.78, 5) is 0. The molecule has 1 aromatic heterocycles. The van der Waals surface area contributed by atoms with Gasteiger partial charge in [-0.25, -0.2) is 0 Å². The van der Waals surface area contributed by atoms with Gasteiger partial charge in [0, 0.05) is 25.1 Å². The molecule has 1 spiro atoms. The van der Waals surface area contributed by atoms with Gasteiger partial charge in [-0.1, -0.05) is 0 Å². The van der Waals surface area contributed by atoms with Crippen molar-refractivity contribution in [2.45, 2.75) is 37.5 Å². The molecule has 4 nitrogen and oxygen atoms in total. The fourth-order valence-corrected chi connectivity index (χ4v) is 4.33. The Morgan fingerprint density at radius 2 is 2.61 bits per heavy atom. The number of nitrogens with zero attached hydrogens (tertiary/aromatic N) is 2. The van der Waals surface area contributed by atoms with Crippen LogP contribution in [0.15, 0.2) is 12.3 Å². The van der Waals surface area contributed by atoms with Crippen LogP contribution < -0.4 is 5.32 Å². The minimum absolute atomic E-state index is 0.142. The fraction of sp³-hybridized carbons (Fsp3) is 0.769. The van der Waals surface area contributed by atoms with Gasteiger partial charge in [-0.15, -0.1) is 0 Å². The first-order valence-corrected chi connectivity index (χ1v) is 7.87. The van der Waals surface area contributed by atoms with Gasteiger partial charge in [-0.2, -0.15) is 16.9 Å². The van der Waals surface area contributed by atoms with E-state index in [2.05, 4.69) is 27.4 Å². The number of hydrogen-bond acceptors (Lipinski definition) is 4. The molecular formula is C13H21N3OS. The summed E-state index contributed by atoms with van der Waals surface area (Å²) in [5, 5.41) is 7.82. The van der Waals surface area contributed by atoms with Crippen molar-refractivity contribution >= 4 is 11.8 Å². The minimum atomic E-state index is 0.142. The molecule has 5 heteroatoms. The lowest BCUT2D eigenvalue weighted by molar-refractivity contribution is -0.0778. The van der Waals surface area contributed by atoms with E-state index in [1.807, 2.05) is 18.8 Å². The van der Waals surface area contributed by atoms with Crippen molar-refractivity contribution in [3.05, 3.63) is 18.0 Å². The molecule has 2 aliphatic heterocycles. The van der Waals surface area contributed by atoms with Crippen LogP contribution >= 0.6 is 11.8 Å². The van der Waals surface area contributed by atoms with E-state index in [9.17, 15) is 0 Å². The van der Waals surface area contributed by atoms with Crippen LogP contribution in [0.5, 0.6) is 0 Å². The normalized spacial score (nSPS) is 32.2. The first kappa shape index (κ1) is 12.5. The van der Waals surface area contributed by atoms with Crippen molar-refractivity contribution in [1.29, 1.82) is 0 Å². The summed E-state index contributed by atoms with van der Waals surface area (Å²) in [7, 11) is 1.96. The number of rotatable bonds is 3. The molecular weight excluding hydrogens is 246 g/mol. The van der Waals surface area contributed by atoms with Gasteiger partial charge in [0.15, 0.2) is 0 Å². The largest absolute Gasteiger partial charge is 0.374 e. The molecule has 18 heavy (non-hydrogen) atoms. The molecule has 2 saturated heterocycles. The van der Waals surface area contributed by atoms with E-state index in [-0.39, 0.29) is 5.60 Å². The summed E-state index contributed by atoms with van der Waals surface area (Å²) in [5.74, 6) is 2.41. The van der Waals surface area contributed by atoms with Crippen LogP contribution in [0.2, 0.25) is 0 Å². The van der Waals surface area contributed by atoms with Crippen molar-refractivity contribution in [3.63, 3.8) is 0 Å². The molecule has 2 unspecified atom stereocenters. The van der Waals surface area contributed by atoms with Crippen molar-refractivity contribution in [2.24, 2.45) is 0 Å². The van der Waals surface area contributed by atoms with E-state index in [0.717, 1.165) is 37.4 Å². The average Bonchev–Trinajstić information content (AvgIpc) is 3.00. The lowest BCUT2D eigenvalue weighted by Crippen LogP contribution is -2.40. The zero-order chi connectivity index (χ0) is 12.4. The Labute approximate surface area is 112 Å². The lowest BCUT2D eigenvalue weighted by atomic mass is 9.90. The Morgan fingerprint density at radius 1 is 1.67 bits per heavy atom. The summed E-state index contributed by atoms with van der Waals surface area (Å²) in [6.07, 6.45) is 5.55. The maximum absolute atomic E-state index is 6.06. The number of hydrogen-bond donors (Lipinski definition) is 1. The monoisotopic (exact) mass is 267 g/mol. The van der Waals surface area contributed by atoms with Crippen molar-refractivity contribution in [3.8, 4) is 0 Å². The molecule has 3 heterocycles. The van der Waals surface area contributed by atoms with Gasteiger partial charge in [0.1, 0.15) is 0 Å². The van der Waals surface area contributed by atoms with Crippen LogP contribution in [0, 0.1) is 0 Å². The second kappa shape index (κ2) is 5.23. The second-order valence-electron chi connectivity index (χ2n) is 5.30. The van der Waals surface area contributed by atoms with Crippen molar-refractivity contribution in [2.75, 3.05) is 25.2 Å². The molecule has 0 amide bonds. The first-order valence-electron chi connectivity index (χ1n) is 6.72.